The summed E-state index contributed by atoms with van der Waals surface area (Å²) in [6, 6.07) is 62.0. The van der Waals surface area contributed by atoms with E-state index < -0.39 is 0 Å². The molecule has 0 N–H and O–H groups in total. The first-order valence-corrected chi connectivity index (χ1v) is 19.4. The van der Waals surface area contributed by atoms with Crippen molar-refractivity contribution in [1.29, 1.82) is 0 Å². The van der Waals surface area contributed by atoms with Crippen LogP contribution in [0.5, 0.6) is 0 Å². The van der Waals surface area contributed by atoms with Gasteiger partial charge in [0.1, 0.15) is 10.6 Å². The van der Waals surface area contributed by atoms with Crippen molar-refractivity contribution in [2.75, 3.05) is 0 Å². The molecule has 0 aliphatic rings. The molecule has 0 aliphatic carbocycles. The van der Waals surface area contributed by atoms with Crippen molar-refractivity contribution in [3.63, 3.8) is 0 Å². The third-order valence-corrected chi connectivity index (χ3v) is 12.4. The van der Waals surface area contributed by atoms with E-state index in [1.165, 1.54) is 86.7 Å². The Morgan fingerprint density at radius 2 is 1.11 bits per heavy atom. The standard InChI is InChI=1S/C51H34N2S/c1-31-24-25-35-16-6-7-17-37(35)46(31)47-32(2)49-48(40-20-9-8-19-39(40)47)41-21-10-12-22-44(41)53(49)50-42(30-43-38-18-11-13-23-45(38)54-51(43)52-50)36-28-26-34(27-29-36)33-14-4-3-5-15-33/h3-30H,1-2H3. The zero-order valence-corrected chi connectivity index (χ0v) is 30.8. The predicted molar refractivity (Wildman–Crippen MR) is 232 cm³/mol. The molecule has 0 radical (unpaired) electrons. The highest BCUT2D eigenvalue weighted by Crippen LogP contribution is 2.48. The molecule has 254 valence electrons. The highest BCUT2D eigenvalue weighted by molar-refractivity contribution is 7.25. The smallest absolute Gasteiger partial charge is 0.147 e. The fourth-order valence-corrected chi connectivity index (χ4v) is 9.91. The van der Waals surface area contributed by atoms with E-state index in [0.717, 1.165) is 27.3 Å². The molecule has 8 aromatic carbocycles. The Labute approximate surface area is 317 Å². The van der Waals surface area contributed by atoms with Gasteiger partial charge in [-0.25, -0.2) is 4.98 Å². The molecular formula is C51H34N2S. The summed E-state index contributed by atoms with van der Waals surface area (Å²) in [5, 5.41) is 9.99. The monoisotopic (exact) mass is 706 g/mol. The normalized spacial score (nSPS) is 11.9. The SMILES string of the molecule is Cc1ccc2ccccc2c1-c1c(C)c2c(c3ccccc13)c1ccccc1n2-c1nc2sc3ccccc3c2cc1-c1ccc(-c2ccccc2)cc1. The molecule has 54 heavy (non-hydrogen) atoms. The van der Waals surface area contributed by atoms with Gasteiger partial charge in [0.2, 0.25) is 0 Å². The van der Waals surface area contributed by atoms with Crippen LogP contribution in [0.1, 0.15) is 11.1 Å². The Kier molecular flexibility index (Phi) is 6.89. The summed E-state index contributed by atoms with van der Waals surface area (Å²) in [6.45, 7) is 4.58. The Morgan fingerprint density at radius 3 is 1.93 bits per heavy atom. The van der Waals surface area contributed by atoms with Crippen LogP contribution >= 0.6 is 11.3 Å². The molecule has 0 saturated carbocycles. The molecule has 3 heteroatoms. The van der Waals surface area contributed by atoms with Crippen LogP contribution in [-0.4, -0.2) is 9.55 Å². The number of rotatable bonds is 4. The number of pyridine rings is 1. The van der Waals surface area contributed by atoms with E-state index in [2.05, 4.69) is 188 Å². The van der Waals surface area contributed by atoms with E-state index in [9.17, 15) is 0 Å². The number of benzene rings is 8. The van der Waals surface area contributed by atoms with Crippen molar-refractivity contribution < 1.29 is 0 Å². The number of fused-ring (bicyclic) bond motifs is 9. The highest BCUT2D eigenvalue weighted by atomic mass is 32.1. The largest absolute Gasteiger partial charge is 0.293 e. The van der Waals surface area contributed by atoms with Crippen LogP contribution in [0.3, 0.4) is 0 Å². The molecule has 0 amide bonds. The Morgan fingerprint density at radius 1 is 0.481 bits per heavy atom. The number of thiophene rings is 1. The van der Waals surface area contributed by atoms with Gasteiger partial charge in [-0.3, -0.25) is 4.57 Å². The van der Waals surface area contributed by atoms with Crippen LogP contribution < -0.4 is 0 Å². The van der Waals surface area contributed by atoms with Gasteiger partial charge in [0.25, 0.3) is 0 Å². The first kappa shape index (κ1) is 31.0. The van der Waals surface area contributed by atoms with Crippen molar-refractivity contribution in [1.82, 2.24) is 9.55 Å². The van der Waals surface area contributed by atoms with Gasteiger partial charge in [-0.2, -0.15) is 0 Å². The van der Waals surface area contributed by atoms with Gasteiger partial charge in [-0.15, -0.1) is 11.3 Å². The molecule has 0 spiro atoms. The minimum absolute atomic E-state index is 0.951. The second-order valence-corrected chi connectivity index (χ2v) is 15.4. The summed E-state index contributed by atoms with van der Waals surface area (Å²) in [7, 11) is 0. The number of aromatic nitrogens is 2. The molecule has 2 nitrogen and oxygen atoms in total. The average molecular weight is 707 g/mol. The van der Waals surface area contributed by atoms with Crippen molar-refractivity contribution in [3.05, 3.63) is 181 Å². The molecule has 3 aromatic heterocycles. The summed E-state index contributed by atoms with van der Waals surface area (Å²) in [4.78, 5) is 6.73. The molecule has 11 aromatic rings. The number of nitrogens with zero attached hydrogens (tertiary/aromatic N) is 2. The highest BCUT2D eigenvalue weighted by Gasteiger charge is 2.25. The van der Waals surface area contributed by atoms with Crippen LogP contribution in [0.25, 0.3) is 103 Å². The molecule has 0 fully saturated rings. The van der Waals surface area contributed by atoms with Gasteiger partial charge >= 0.3 is 0 Å². The zero-order chi connectivity index (χ0) is 35.9. The second kappa shape index (κ2) is 12.0. The summed E-state index contributed by atoms with van der Waals surface area (Å²) >= 11 is 1.77. The van der Waals surface area contributed by atoms with Crippen molar-refractivity contribution in [2.45, 2.75) is 13.8 Å². The lowest BCUT2D eigenvalue weighted by Gasteiger charge is -2.20. The van der Waals surface area contributed by atoms with Gasteiger partial charge in [-0.1, -0.05) is 152 Å². The van der Waals surface area contributed by atoms with Crippen molar-refractivity contribution >= 4 is 75.0 Å². The van der Waals surface area contributed by atoms with Crippen LogP contribution in [0, 0.1) is 13.8 Å². The van der Waals surface area contributed by atoms with E-state index in [1.807, 2.05) is 0 Å². The number of hydrogen-bond donors (Lipinski definition) is 0. The summed E-state index contributed by atoms with van der Waals surface area (Å²) < 4.78 is 3.72. The van der Waals surface area contributed by atoms with Crippen molar-refractivity contribution in [2.24, 2.45) is 0 Å². The van der Waals surface area contributed by atoms with E-state index in [0.29, 0.717) is 0 Å². The van der Waals surface area contributed by atoms with E-state index in [1.54, 1.807) is 11.3 Å². The minimum atomic E-state index is 0.951. The fraction of sp³-hybridized carbons (Fsp3) is 0.0392. The van der Waals surface area contributed by atoms with Gasteiger partial charge in [0, 0.05) is 31.8 Å². The topological polar surface area (TPSA) is 17.8 Å². The molecule has 0 saturated heterocycles. The maximum absolute atomic E-state index is 5.68. The number of hydrogen-bond acceptors (Lipinski definition) is 2. The van der Waals surface area contributed by atoms with Crippen LogP contribution in [0.2, 0.25) is 0 Å². The first-order chi connectivity index (χ1) is 26.6. The predicted octanol–water partition coefficient (Wildman–Crippen LogP) is 14.5. The lowest BCUT2D eigenvalue weighted by atomic mass is 9.86. The Balaban J connectivity index is 1.30. The summed E-state index contributed by atoms with van der Waals surface area (Å²) in [5.41, 5.74) is 12.1. The summed E-state index contributed by atoms with van der Waals surface area (Å²) in [5.74, 6) is 0.951. The maximum atomic E-state index is 5.68. The van der Waals surface area contributed by atoms with Crippen LogP contribution in [0.4, 0.5) is 0 Å². The van der Waals surface area contributed by atoms with E-state index >= 15 is 0 Å². The quantitative estimate of drug-likeness (QED) is 0.178. The first-order valence-electron chi connectivity index (χ1n) is 18.6. The average Bonchev–Trinajstić information content (AvgIpc) is 3.77. The van der Waals surface area contributed by atoms with Gasteiger partial charge in [0.05, 0.1) is 11.0 Å². The van der Waals surface area contributed by atoms with Crippen LogP contribution in [-0.2, 0) is 0 Å². The number of aryl methyl sites for hydroxylation is 2. The van der Waals surface area contributed by atoms with Gasteiger partial charge < -0.3 is 0 Å². The Bertz CT molecular complexity index is 3280. The third kappa shape index (κ3) is 4.55. The number of para-hydroxylation sites is 1. The maximum Gasteiger partial charge on any atom is 0.147 e. The van der Waals surface area contributed by atoms with Gasteiger partial charge in [-0.05, 0) is 92.5 Å². The molecule has 3 heterocycles. The molecule has 0 aliphatic heterocycles. The zero-order valence-electron chi connectivity index (χ0n) is 30.0. The summed E-state index contributed by atoms with van der Waals surface area (Å²) in [6.07, 6.45) is 0. The van der Waals surface area contributed by atoms with E-state index in [4.69, 9.17) is 4.98 Å². The minimum Gasteiger partial charge on any atom is -0.293 e. The third-order valence-electron chi connectivity index (χ3n) is 11.3. The second-order valence-electron chi connectivity index (χ2n) is 14.4. The van der Waals surface area contributed by atoms with Crippen LogP contribution in [0.15, 0.2) is 170 Å². The molecular weight excluding hydrogens is 673 g/mol. The molecule has 0 unspecified atom stereocenters. The molecule has 0 bridgehead atoms. The lowest BCUT2D eigenvalue weighted by Crippen LogP contribution is -2.03. The Hall–Kier alpha value is -6.55. The molecule has 11 rings (SSSR count). The molecule has 0 atom stereocenters. The van der Waals surface area contributed by atoms with E-state index in [-0.39, 0.29) is 0 Å². The fourth-order valence-electron chi connectivity index (χ4n) is 8.86. The van der Waals surface area contributed by atoms with Gasteiger partial charge in [0.15, 0.2) is 0 Å². The van der Waals surface area contributed by atoms with Crippen molar-refractivity contribution in [3.8, 4) is 39.2 Å². The lowest BCUT2D eigenvalue weighted by molar-refractivity contribution is 1.10.